The first-order valence-electron chi connectivity index (χ1n) is 8.01. The summed E-state index contributed by atoms with van der Waals surface area (Å²) in [5.74, 6) is -0.775. The molecule has 0 fully saturated rings. The number of nitrogens with one attached hydrogen (secondary N) is 3. The van der Waals surface area contributed by atoms with E-state index >= 15 is 0 Å². The predicted molar refractivity (Wildman–Crippen MR) is 109 cm³/mol. The van der Waals surface area contributed by atoms with E-state index in [0.717, 1.165) is 16.3 Å². The number of anilines is 2. The van der Waals surface area contributed by atoms with Crippen LogP contribution in [0.4, 0.5) is 11.4 Å². The molecule has 0 aromatic heterocycles. The van der Waals surface area contributed by atoms with E-state index in [1.54, 1.807) is 0 Å². The Bertz CT molecular complexity index is 976. The van der Waals surface area contributed by atoms with Crippen LogP contribution in [0.2, 0.25) is 0 Å². The van der Waals surface area contributed by atoms with E-state index in [0.29, 0.717) is 5.69 Å². The Hall–Kier alpha value is -2.39. The second-order valence-electron chi connectivity index (χ2n) is 6.03. The Kier molecular flexibility index (Phi) is 6.61. The van der Waals surface area contributed by atoms with Gasteiger partial charge in [0, 0.05) is 17.1 Å². The van der Waals surface area contributed by atoms with Gasteiger partial charge < -0.3 is 10.6 Å². The molecule has 9 heteroatoms. The highest BCUT2D eigenvalue weighted by atomic mass is 79.9. The molecule has 27 heavy (non-hydrogen) atoms. The molecule has 0 spiro atoms. The van der Waals surface area contributed by atoms with Gasteiger partial charge in [0.05, 0.1) is 23.5 Å². The summed E-state index contributed by atoms with van der Waals surface area (Å²) in [5, 5.41) is 5.42. The number of halogens is 1. The Morgan fingerprint density at radius 1 is 1.11 bits per heavy atom. The first-order valence-corrected chi connectivity index (χ1v) is 10.7. The van der Waals surface area contributed by atoms with Crippen molar-refractivity contribution in [2.24, 2.45) is 0 Å². The van der Waals surface area contributed by atoms with E-state index in [1.807, 2.05) is 31.2 Å². The van der Waals surface area contributed by atoms with Crippen LogP contribution >= 0.6 is 15.9 Å². The number of hydrogen-bond acceptors (Lipinski definition) is 4. The largest absolute Gasteiger partial charge is 0.345 e. The lowest BCUT2D eigenvalue weighted by atomic mass is 10.1. The van der Waals surface area contributed by atoms with Gasteiger partial charge in [-0.05, 0) is 36.8 Å². The van der Waals surface area contributed by atoms with Gasteiger partial charge in [0.15, 0.2) is 0 Å². The maximum atomic E-state index is 12.8. The summed E-state index contributed by atoms with van der Waals surface area (Å²) in [4.78, 5) is 24.1. The molecule has 0 saturated carbocycles. The predicted octanol–water partition coefficient (Wildman–Crippen LogP) is 3.27. The number of carbonyl (C=O) groups is 2. The summed E-state index contributed by atoms with van der Waals surface area (Å²) in [5.41, 5.74) is 1.50. The normalized spacial score (nSPS) is 12.1. The monoisotopic (exact) mass is 453 g/mol. The van der Waals surface area contributed by atoms with Gasteiger partial charge in [-0.2, -0.15) is 0 Å². The molecule has 0 aliphatic carbocycles. The van der Waals surface area contributed by atoms with Crippen molar-refractivity contribution in [2.75, 3.05) is 16.3 Å². The van der Waals surface area contributed by atoms with Crippen molar-refractivity contribution in [3.05, 3.63) is 58.1 Å². The summed E-state index contributed by atoms with van der Waals surface area (Å²) in [6.45, 7) is 3.16. The number of amides is 2. The topological polar surface area (TPSA) is 104 Å². The zero-order chi connectivity index (χ0) is 20.2. The zero-order valence-corrected chi connectivity index (χ0v) is 17.4. The summed E-state index contributed by atoms with van der Waals surface area (Å²) in [6, 6.07) is 11.5. The van der Waals surface area contributed by atoms with Gasteiger partial charge in [-0.3, -0.25) is 14.3 Å². The molecule has 1 unspecified atom stereocenters. The number of benzene rings is 2. The molecule has 2 amide bonds. The van der Waals surface area contributed by atoms with Crippen molar-refractivity contribution >= 4 is 49.1 Å². The fraction of sp³-hybridized carbons (Fsp3) is 0.222. The molecule has 2 aromatic rings. The summed E-state index contributed by atoms with van der Waals surface area (Å²) < 4.78 is 26.4. The lowest BCUT2D eigenvalue weighted by molar-refractivity contribution is -0.114. The Labute approximate surface area is 166 Å². The number of sulfonamides is 1. The van der Waals surface area contributed by atoms with E-state index in [1.165, 1.54) is 25.1 Å². The number of rotatable bonds is 6. The molecular weight excluding hydrogens is 434 g/mol. The molecular formula is C18H20BrN3O4S. The number of hydrogen-bond donors (Lipinski definition) is 3. The van der Waals surface area contributed by atoms with Crippen molar-refractivity contribution < 1.29 is 18.0 Å². The minimum Gasteiger partial charge on any atom is -0.345 e. The van der Waals surface area contributed by atoms with Crippen LogP contribution in [0.15, 0.2) is 46.9 Å². The van der Waals surface area contributed by atoms with Crippen molar-refractivity contribution in [3.8, 4) is 0 Å². The number of carbonyl (C=O) groups excluding carboxylic acids is 2. The van der Waals surface area contributed by atoms with E-state index in [9.17, 15) is 18.0 Å². The van der Waals surface area contributed by atoms with Crippen molar-refractivity contribution in [3.63, 3.8) is 0 Å². The van der Waals surface area contributed by atoms with Gasteiger partial charge in [-0.25, -0.2) is 8.42 Å². The Morgan fingerprint density at radius 3 is 2.37 bits per heavy atom. The zero-order valence-electron chi connectivity index (χ0n) is 15.0. The van der Waals surface area contributed by atoms with Gasteiger partial charge in [-0.15, -0.1) is 0 Å². The third-order valence-corrected chi connectivity index (χ3v) is 4.91. The average Bonchev–Trinajstić information content (AvgIpc) is 2.54. The maximum Gasteiger partial charge on any atom is 0.253 e. The summed E-state index contributed by atoms with van der Waals surface area (Å²) >= 11 is 3.45. The quantitative estimate of drug-likeness (QED) is 0.623. The average molecular weight is 454 g/mol. The smallest absolute Gasteiger partial charge is 0.253 e. The SMILES string of the molecule is CC(=O)Nc1ccc(NS(C)(=O)=O)c(C(=O)NC(C)c2ccccc2Br)c1. The third-order valence-electron chi connectivity index (χ3n) is 3.60. The molecule has 2 aromatic carbocycles. The van der Waals surface area contributed by atoms with Crippen LogP contribution in [0.5, 0.6) is 0 Å². The fourth-order valence-corrected chi connectivity index (χ4v) is 3.69. The molecule has 0 aliphatic rings. The first-order chi connectivity index (χ1) is 12.6. The molecule has 0 bridgehead atoms. The minimum atomic E-state index is -3.58. The molecule has 0 saturated heterocycles. The second kappa shape index (κ2) is 8.53. The van der Waals surface area contributed by atoms with Crippen LogP contribution in [-0.4, -0.2) is 26.5 Å². The van der Waals surface area contributed by atoms with E-state index in [2.05, 4.69) is 31.3 Å². The lowest BCUT2D eigenvalue weighted by Crippen LogP contribution is -2.28. The first kappa shape index (κ1) is 20.9. The van der Waals surface area contributed by atoms with Gasteiger partial charge >= 0.3 is 0 Å². The third kappa shape index (κ3) is 6.07. The molecule has 144 valence electrons. The Morgan fingerprint density at radius 2 is 1.78 bits per heavy atom. The van der Waals surface area contributed by atoms with Gasteiger partial charge in [0.2, 0.25) is 15.9 Å². The van der Waals surface area contributed by atoms with Gasteiger partial charge in [0.1, 0.15) is 0 Å². The Balaban J connectivity index is 2.36. The highest BCUT2D eigenvalue weighted by Crippen LogP contribution is 2.25. The van der Waals surface area contributed by atoms with E-state index in [4.69, 9.17) is 0 Å². The molecule has 2 rings (SSSR count). The van der Waals surface area contributed by atoms with Gasteiger partial charge in [-0.1, -0.05) is 34.1 Å². The van der Waals surface area contributed by atoms with Crippen LogP contribution in [0.3, 0.4) is 0 Å². The molecule has 0 heterocycles. The molecule has 3 N–H and O–H groups in total. The highest BCUT2D eigenvalue weighted by molar-refractivity contribution is 9.10. The lowest BCUT2D eigenvalue weighted by Gasteiger charge is -2.18. The van der Waals surface area contributed by atoms with Gasteiger partial charge in [0.25, 0.3) is 5.91 Å². The van der Waals surface area contributed by atoms with E-state index in [-0.39, 0.29) is 23.2 Å². The van der Waals surface area contributed by atoms with E-state index < -0.39 is 15.9 Å². The molecule has 0 aliphatic heterocycles. The van der Waals surface area contributed by atoms with Crippen LogP contribution in [0.1, 0.15) is 35.8 Å². The van der Waals surface area contributed by atoms with Crippen molar-refractivity contribution in [1.82, 2.24) is 5.32 Å². The summed E-state index contributed by atoms with van der Waals surface area (Å²) in [6.07, 6.45) is 1.00. The van der Waals surface area contributed by atoms with Crippen molar-refractivity contribution in [2.45, 2.75) is 19.9 Å². The molecule has 0 radical (unpaired) electrons. The highest BCUT2D eigenvalue weighted by Gasteiger charge is 2.19. The fourth-order valence-electron chi connectivity index (χ4n) is 2.48. The van der Waals surface area contributed by atoms with Crippen molar-refractivity contribution in [1.29, 1.82) is 0 Å². The van der Waals surface area contributed by atoms with Crippen LogP contribution < -0.4 is 15.4 Å². The standard InChI is InChI=1S/C18H20BrN3O4S/c1-11(14-6-4-5-7-16(14)19)20-18(24)15-10-13(21-12(2)23)8-9-17(15)22-27(3,25)26/h4-11,22H,1-3H3,(H,20,24)(H,21,23). The molecule has 1 atom stereocenters. The van der Waals surface area contributed by atoms with Crippen LogP contribution in [-0.2, 0) is 14.8 Å². The van der Waals surface area contributed by atoms with Crippen LogP contribution in [0.25, 0.3) is 0 Å². The minimum absolute atomic E-state index is 0.102. The van der Waals surface area contributed by atoms with Crippen LogP contribution in [0, 0.1) is 0 Å². The summed E-state index contributed by atoms with van der Waals surface area (Å²) in [7, 11) is -3.58. The molecule has 7 nitrogen and oxygen atoms in total. The second-order valence-corrected chi connectivity index (χ2v) is 8.64. The maximum absolute atomic E-state index is 12.8.